The van der Waals surface area contributed by atoms with Crippen molar-refractivity contribution in [1.29, 1.82) is 0 Å². The Bertz CT molecular complexity index is 1070. The van der Waals surface area contributed by atoms with Crippen LogP contribution >= 0.6 is 0 Å². The molecule has 0 saturated carbocycles. The monoisotopic (exact) mass is 438 g/mol. The van der Waals surface area contributed by atoms with Gasteiger partial charge in [0.25, 0.3) is 5.91 Å². The van der Waals surface area contributed by atoms with Crippen LogP contribution in [0.4, 0.5) is 4.39 Å². The number of benzene rings is 2. The Morgan fingerprint density at radius 2 is 1.78 bits per heavy atom. The van der Waals surface area contributed by atoms with Gasteiger partial charge in [0.05, 0.1) is 25.9 Å². The molecule has 0 aliphatic carbocycles. The van der Waals surface area contributed by atoms with Gasteiger partial charge in [-0.1, -0.05) is 42.5 Å². The molecule has 0 unspecified atom stereocenters. The van der Waals surface area contributed by atoms with Crippen molar-refractivity contribution in [3.8, 4) is 5.75 Å². The van der Waals surface area contributed by atoms with Gasteiger partial charge in [-0.15, -0.1) is 0 Å². The summed E-state index contributed by atoms with van der Waals surface area (Å²) in [7, 11) is 1.33. The lowest BCUT2D eigenvalue weighted by atomic mass is 10.1. The van der Waals surface area contributed by atoms with Crippen LogP contribution < -0.4 is 10.1 Å². The highest BCUT2D eigenvalue weighted by atomic mass is 19.1. The summed E-state index contributed by atoms with van der Waals surface area (Å²) in [5.74, 6) is -1.30. The number of carbonyl (C=O) groups excluding carboxylic acids is 2. The highest BCUT2D eigenvalue weighted by Gasteiger charge is 2.23. The highest BCUT2D eigenvalue weighted by Crippen LogP contribution is 2.26. The summed E-state index contributed by atoms with van der Waals surface area (Å²) in [5, 5.41) is 12.5. The zero-order valence-corrected chi connectivity index (χ0v) is 17.5. The zero-order valence-electron chi connectivity index (χ0n) is 17.5. The average molecular weight is 438 g/mol. The molecule has 1 amide bonds. The molecule has 1 heterocycles. The number of aliphatic hydroxyl groups is 1. The summed E-state index contributed by atoms with van der Waals surface area (Å²) in [6, 6.07) is 15.1. The third-order valence-electron chi connectivity index (χ3n) is 4.72. The number of aliphatic hydroxyl groups excluding tert-OH is 1. The lowest BCUT2D eigenvalue weighted by Gasteiger charge is -2.15. The van der Waals surface area contributed by atoms with Crippen LogP contribution in [0, 0.1) is 5.82 Å². The maximum absolute atomic E-state index is 13.0. The van der Waals surface area contributed by atoms with Gasteiger partial charge in [-0.05, 0) is 23.3 Å². The molecule has 7 nitrogen and oxygen atoms in total. The molecule has 0 bridgehead atoms. The third kappa shape index (κ3) is 5.75. The van der Waals surface area contributed by atoms with Crippen LogP contribution in [0.3, 0.4) is 0 Å². The van der Waals surface area contributed by atoms with E-state index in [1.807, 2.05) is 30.3 Å². The topological polar surface area (TPSA) is 97.8 Å². The molecule has 3 rings (SSSR count). The molecule has 0 saturated heterocycles. The van der Waals surface area contributed by atoms with Crippen LogP contribution in [0.25, 0.3) is 0 Å². The smallest absolute Gasteiger partial charge is 0.253 e. The van der Waals surface area contributed by atoms with Gasteiger partial charge in [-0.3, -0.25) is 9.59 Å². The summed E-state index contributed by atoms with van der Waals surface area (Å²) in [6.07, 6.45) is 1.22. The average Bonchev–Trinajstić information content (AvgIpc) is 2.83. The number of hydrogen-bond donors (Lipinski definition) is 2. The Morgan fingerprint density at radius 1 is 1.06 bits per heavy atom. The fraction of sp³-hybridized carbons (Fsp3) is 0.208. The van der Waals surface area contributed by atoms with Gasteiger partial charge < -0.3 is 19.9 Å². The van der Waals surface area contributed by atoms with E-state index in [2.05, 4.69) is 10.3 Å². The first-order valence-corrected chi connectivity index (χ1v) is 9.87. The van der Waals surface area contributed by atoms with Crippen molar-refractivity contribution in [1.82, 2.24) is 10.3 Å². The molecule has 0 atom stereocenters. The Balaban J connectivity index is 1.71. The number of Topliss-reactive ketones (excluding diaryl/α,β-unsaturated/α-hetero) is 1. The van der Waals surface area contributed by atoms with E-state index in [-0.39, 0.29) is 48.1 Å². The summed E-state index contributed by atoms with van der Waals surface area (Å²) in [5.41, 5.74) is 1.82. The summed E-state index contributed by atoms with van der Waals surface area (Å²) in [6.45, 7) is -0.360. The molecule has 3 aromatic rings. The molecule has 2 aromatic carbocycles. The Kier molecular flexibility index (Phi) is 8.02. The van der Waals surface area contributed by atoms with Gasteiger partial charge in [-0.25, -0.2) is 9.37 Å². The first-order chi connectivity index (χ1) is 15.5. The second-order valence-electron chi connectivity index (χ2n) is 6.90. The predicted octanol–water partition coefficient (Wildman–Crippen LogP) is 3.05. The van der Waals surface area contributed by atoms with Crippen LogP contribution in [-0.2, 0) is 24.5 Å². The Labute approximate surface area is 184 Å². The normalized spacial score (nSPS) is 10.6. The van der Waals surface area contributed by atoms with Gasteiger partial charge in [0.15, 0.2) is 11.4 Å². The van der Waals surface area contributed by atoms with E-state index in [9.17, 15) is 19.1 Å². The van der Waals surface area contributed by atoms with E-state index in [1.54, 1.807) is 12.1 Å². The lowest BCUT2D eigenvalue weighted by molar-refractivity contribution is 0.0717. The largest absolute Gasteiger partial charge is 0.494 e. The maximum Gasteiger partial charge on any atom is 0.253 e. The van der Waals surface area contributed by atoms with E-state index >= 15 is 0 Å². The second kappa shape index (κ2) is 11.1. The minimum Gasteiger partial charge on any atom is -0.494 e. The molecule has 166 valence electrons. The van der Waals surface area contributed by atoms with Crippen molar-refractivity contribution < 1.29 is 28.6 Å². The number of halogens is 1. The van der Waals surface area contributed by atoms with Gasteiger partial charge in [0, 0.05) is 18.3 Å². The number of nitrogens with one attached hydrogen (secondary N) is 1. The molecule has 0 aliphatic heterocycles. The van der Waals surface area contributed by atoms with E-state index in [1.165, 1.54) is 25.4 Å². The number of pyridine rings is 1. The zero-order chi connectivity index (χ0) is 22.9. The van der Waals surface area contributed by atoms with Gasteiger partial charge in [0.2, 0.25) is 5.78 Å². The van der Waals surface area contributed by atoms with Gasteiger partial charge in [-0.2, -0.15) is 0 Å². The fourth-order valence-corrected chi connectivity index (χ4v) is 3.09. The van der Waals surface area contributed by atoms with Crippen LogP contribution in [0.2, 0.25) is 0 Å². The predicted molar refractivity (Wildman–Crippen MR) is 115 cm³/mol. The maximum atomic E-state index is 13.0. The van der Waals surface area contributed by atoms with E-state index in [0.717, 1.165) is 5.56 Å². The minimum atomic E-state index is -0.532. The van der Waals surface area contributed by atoms with Crippen molar-refractivity contribution in [2.75, 3.05) is 13.7 Å². The summed E-state index contributed by atoms with van der Waals surface area (Å²) < 4.78 is 23.8. The second-order valence-corrected chi connectivity index (χ2v) is 6.90. The number of hydrogen-bond acceptors (Lipinski definition) is 6. The van der Waals surface area contributed by atoms with Crippen molar-refractivity contribution in [2.45, 2.75) is 19.8 Å². The van der Waals surface area contributed by atoms with Crippen LogP contribution in [-0.4, -0.2) is 35.5 Å². The summed E-state index contributed by atoms with van der Waals surface area (Å²) >= 11 is 0. The number of ketones is 1. The van der Waals surface area contributed by atoms with Crippen LogP contribution in [0.5, 0.6) is 5.75 Å². The third-order valence-corrected chi connectivity index (χ3v) is 4.72. The Hall–Kier alpha value is -3.62. The van der Waals surface area contributed by atoms with Crippen molar-refractivity contribution in [2.24, 2.45) is 0 Å². The number of aromatic nitrogens is 1. The fourth-order valence-electron chi connectivity index (χ4n) is 3.09. The van der Waals surface area contributed by atoms with E-state index < -0.39 is 18.3 Å². The van der Waals surface area contributed by atoms with E-state index in [0.29, 0.717) is 5.56 Å². The van der Waals surface area contributed by atoms with Crippen LogP contribution in [0.1, 0.15) is 37.5 Å². The molecule has 32 heavy (non-hydrogen) atoms. The number of rotatable bonds is 10. The number of methoxy groups -OCH3 is 1. The molecule has 0 radical (unpaired) electrons. The van der Waals surface area contributed by atoms with Crippen LogP contribution in [0.15, 0.2) is 60.8 Å². The first kappa shape index (κ1) is 23.1. The SMILES string of the molecule is COc1c(C(=O)COCc2ccccc2)ncc(C(=O)NCc2ccc(F)cc2)c1CO. The molecule has 0 aliphatic rings. The Morgan fingerprint density at radius 3 is 2.44 bits per heavy atom. The van der Waals surface area contributed by atoms with Crippen molar-refractivity contribution in [3.63, 3.8) is 0 Å². The molecule has 0 fully saturated rings. The quantitative estimate of drug-likeness (QED) is 0.472. The molecular weight excluding hydrogens is 415 g/mol. The highest BCUT2D eigenvalue weighted by molar-refractivity contribution is 6.01. The molecule has 0 spiro atoms. The van der Waals surface area contributed by atoms with Crippen molar-refractivity contribution >= 4 is 11.7 Å². The van der Waals surface area contributed by atoms with E-state index in [4.69, 9.17) is 9.47 Å². The standard InChI is InChI=1S/C24H23FN2O5/c1-31-23-20(13-28)19(24(30)27-11-16-7-9-18(25)10-8-16)12-26-22(23)21(29)15-32-14-17-5-3-2-4-6-17/h2-10,12,28H,11,13-15H2,1H3,(H,27,30). The summed E-state index contributed by atoms with van der Waals surface area (Å²) in [4.78, 5) is 29.4. The molecule has 2 N–H and O–H groups in total. The number of carbonyl (C=O) groups is 2. The number of nitrogens with zero attached hydrogens (tertiary/aromatic N) is 1. The number of amides is 1. The molecule has 1 aromatic heterocycles. The molecule has 8 heteroatoms. The first-order valence-electron chi connectivity index (χ1n) is 9.87. The number of ether oxygens (including phenoxy) is 2. The minimum absolute atomic E-state index is 0.0234. The van der Waals surface area contributed by atoms with Crippen molar-refractivity contribution in [3.05, 3.63) is 94.6 Å². The van der Waals surface area contributed by atoms with Gasteiger partial charge in [0.1, 0.15) is 12.4 Å². The lowest BCUT2D eigenvalue weighted by Crippen LogP contribution is -2.25. The van der Waals surface area contributed by atoms with Gasteiger partial charge >= 0.3 is 0 Å². The molecular formula is C24H23FN2O5.